The smallest absolute Gasteiger partial charge is 0.0781 e. The van der Waals surface area contributed by atoms with Crippen LogP contribution in [0.15, 0.2) is 182 Å². The van der Waals surface area contributed by atoms with Crippen molar-refractivity contribution >= 4 is 34.1 Å². The Labute approximate surface area is 304 Å². The van der Waals surface area contributed by atoms with Gasteiger partial charge in [-0.15, -0.1) is 0 Å². The van der Waals surface area contributed by atoms with Crippen LogP contribution >= 0.6 is 0 Å². The predicted molar refractivity (Wildman–Crippen MR) is 213 cm³/mol. The maximum Gasteiger partial charge on any atom is 0.0781 e. The summed E-state index contributed by atoms with van der Waals surface area (Å²) in [6.45, 7) is 0. The van der Waals surface area contributed by atoms with Crippen LogP contribution in [0.1, 0.15) is 22.3 Å². The molecule has 0 aliphatic carbocycles. The molecule has 2 aromatic heterocycles. The number of anilines is 6. The van der Waals surface area contributed by atoms with Crippen molar-refractivity contribution in [2.24, 2.45) is 0 Å². The van der Waals surface area contributed by atoms with Crippen molar-refractivity contribution in [2.45, 2.75) is 12.8 Å². The zero-order chi connectivity index (χ0) is 34.4. The number of hydrogen-bond acceptors (Lipinski definition) is 4. The van der Waals surface area contributed by atoms with Gasteiger partial charge in [0.1, 0.15) is 0 Å². The van der Waals surface area contributed by atoms with E-state index < -0.39 is 0 Å². The summed E-state index contributed by atoms with van der Waals surface area (Å²) in [5, 5.41) is 0. The highest BCUT2D eigenvalue weighted by atomic mass is 15.2. The summed E-state index contributed by atoms with van der Waals surface area (Å²) >= 11 is 0. The van der Waals surface area contributed by atoms with Crippen molar-refractivity contribution in [1.29, 1.82) is 0 Å². The lowest BCUT2D eigenvalue weighted by Gasteiger charge is -2.33. The van der Waals surface area contributed by atoms with Crippen molar-refractivity contribution in [2.75, 3.05) is 9.80 Å². The molecule has 0 N–H and O–H groups in total. The molecule has 0 spiro atoms. The van der Waals surface area contributed by atoms with Gasteiger partial charge in [-0.1, -0.05) is 109 Å². The lowest BCUT2D eigenvalue weighted by Crippen LogP contribution is -2.18. The molecule has 0 unspecified atom stereocenters. The molecule has 2 aliphatic heterocycles. The van der Waals surface area contributed by atoms with Crippen LogP contribution in [0.25, 0.3) is 33.6 Å². The third-order valence-corrected chi connectivity index (χ3v) is 10.4. The highest BCUT2D eigenvalue weighted by Crippen LogP contribution is 2.46. The van der Waals surface area contributed by atoms with E-state index in [0.717, 1.165) is 57.9 Å². The molecule has 4 heterocycles. The second-order valence-electron chi connectivity index (χ2n) is 13.4. The summed E-state index contributed by atoms with van der Waals surface area (Å²) in [6, 6.07) is 60.8. The van der Waals surface area contributed by atoms with E-state index in [0.29, 0.717) is 0 Å². The van der Waals surface area contributed by atoms with Crippen molar-refractivity contribution in [3.05, 3.63) is 205 Å². The minimum Gasteiger partial charge on any atom is -0.310 e. The third-order valence-electron chi connectivity index (χ3n) is 10.4. The number of pyridine rings is 2. The second kappa shape index (κ2) is 12.5. The molecule has 8 aromatic rings. The van der Waals surface area contributed by atoms with E-state index in [-0.39, 0.29) is 0 Å². The molecule has 10 rings (SSSR count). The topological polar surface area (TPSA) is 32.3 Å². The van der Waals surface area contributed by atoms with Gasteiger partial charge in [-0.2, -0.15) is 0 Å². The van der Waals surface area contributed by atoms with Crippen LogP contribution in [-0.4, -0.2) is 9.97 Å². The molecule has 0 amide bonds. The Morgan fingerprint density at radius 3 is 1.00 bits per heavy atom. The van der Waals surface area contributed by atoms with Crippen molar-refractivity contribution in [3.8, 4) is 33.6 Å². The fourth-order valence-electron chi connectivity index (χ4n) is 7.98. The van der Waals surface area contributed by atoms with E-state index in [1.165, 1.54) is 45.0 Å². The van der Waals surface area contributed by atoms with Gasteiger partial charge in [0, 0.05) is 81.6 Å². The molecule has 2 aliphatic rings. The van der Waals surface area contributed by atoms with Crippen LogP contribution in [0.5, 0.6) is 0 Å². The predicted octanol–water partition coefficient (Wildman–Crippen LogP) is 12.2. The first kappa shape index (κ1) is 30.1. The van der Waals surface area contributed by atoms with E-state index >= 15 is 0 Å². The van der Waals surface area contributed by atoms with Crippen LogP contribution in [0, 0.1) is 0 Å². The number of benzene rings is 6. The monoisotopic (exact) mass is 666 g/mol. The van der Waals surface area contributed by atoms with Crippen LogP contribution in [0.4, 0.5) is 34.1 Å². The summed E-state index contributed by atoms with van der Waals surface area (Å²) in [4.78, 5) is 14.6. The maximum absolute atomic E-state index is 4.94. The summed E-state index contributed by atoms with van der Waals surface area (Å²) in [6.07, 6.45) is 5.63. The number of para-hydroxylation sites is 4. The summed E-state index contributed by atoms with van der Waals surface area (Å²) in [5.74, 6) is 0. The first-order valence-electron chi connectivity index (χ1n) is 17.8. The van der Waals surface area contributed by atoms with Gasteiger partial charge >= 0.3 is 0 Å². The Morgan fingerprint density at radius 2 is 0.654 bits per heavy atom. The fraction of sp³-hybridized carbons (Fsp3) is 0.0417. The van der Waals surface area contributed by atoms with Gasteiger partial charge in [-0.3, -0.25) is 9.97 Å². The van der Waals surface area contributed by atoms with E-state index in [2.05, 4.69) is 168 Å². The average molecular weight is 667 g/mol. The Bertz CT molecular complexity index is 2320. The lowest BCUT2D eigenvalue weighted by molar-refractivity contribution is 1.09. The summed E-state index contributed by atoms with van der Waals surface area (Å²) < 4.78 is 0. The van der Waals surface area contributed by atoms with Gasteiger partial charge in [0.15, 0.2) is 0 Å². The number of rotatable bonds is 5. The number of fused-ring (bicyclic) bond motifs is 4. The largest absolute Gasteiger partial charge is 0.310 e. The molecule has 0 atom stereocenters. The van der Waals surface area contributed by atoms with Crippen LogP contribution < -0.4 is 9.80 Å². The molecule has 0 fully saturated rings. The standard InChI is InChI=1S/C48H34N4/c1-5-17-43-35(11-1)31-36-12-2-6-18-44(36)51(43)39-25-21-33(22-26-39)47-41(15-9-29-49-47)42-16-10-30-50-48(42)34-23-27-40(28-24-34)52-45-19-7-3-13-37(45)32-38-14-4-8-20-46(38)52/h1-30H,31-32H2. The number of nitrogens with zero attached hydrogens (tertiary/aromatic N) is 4. The lowest BCUT2D eigenvalue weighted by atomic mass is 9.93. The zero-order valence-electron chi connectivity index (χ0n) is 28.5. The molecule has 4 nitrogen and oxygen atoms in total. The van der Waals surface area contributed by atoms with Crippen molar-refractivity contribution in [1.82, 2.24) is 9.97 Å². The van der Waals surface area contributed by atoms with E-state index in [9.17, 15) is 0 Å². The SMILES string of the molecule is c1ccc2c(c1)Cc1ccccc1N2c1ccc(-c2ncccc2-c2cccnc2-c2ccc(N3c4ccccc4Cc4ccccc43)cc2)cc1. The molecule has 0 saturated carbocycles. The van der Waals surface area contributed by atoms with Crippen molar-refractivity contribution < 1.29 is 0 Å². The quantitative estimate of drug-likeness (QED) is 0.183. The van der Waals surface area contributed by atoms with Crippen molar-refractivity contribution in [3.63, 3.8) is 0 Å². The van der Waals surface area contributed by atoms with Crippen LogP contribution in [-0.2, 0) is 12.8 Å². The Balaban J connectivity index is 1.01. The first-order valence-corrected chi connectivity index (χ1v) is 17.8. The molecule has 0 radical (unpaired) electrons. The normalized spacial score (nSPS) is 12.8. The zero-order valence-corrected chi connectivity index (χ0v) is 28.5. The van der Waals surface area contributed by atoms with Gasteiger partial charge in [0.25, 0.3) is 0 Å². The van der Waals surface area contributed by atoms with E-state index in [1.807, 2.05) is 24.5 Å². The third kappa shape index (κ3) is 5.07. The molecule has 0 saturated heterocycles. The Hall–Kier alpha value is -6.78. The van der Waals surface area contributed by atoms with E-state index in [1.54, 1.807) is 0 Å². The van der Waals surface area contributed by atoms with Crippen LogP contribution in [0.2, 0.25) is 0 Å². The number of hydrogen-bond donors (Lipinski definition) is 0. The van der Waals surface area contributed by atoms with Gasteiger partial charge in [0.05, 0.1) is 11.4 Å². The first-order chi connectivity index (χ1) is 25.8. The van der Waals surface area contributed by atoms with E-state index in [4.69, 9.17) is 9.97 Å². The van der Waals surface area contributed by atoms with Gasteiger partial charge in [-0.05, 0) is 82.9 Å². The highest BCUT2D eigenvalue weighted by molar-refractivity contribution is 5.91. The minimum absolute atomic E-state index is 0.931. The van der Waals surface area contributed by atoms with Gasteiger partial charge < -0.3 is 9.80 Å². The number of aromatic nitrogens is 2. The van der Waals surface area contributed by atoms with Crippen LogP contribution in [0.3, 0.4) is 0 Å². The highest BCUT2D eigenvalue weighted by Gasteiger charge is 2.25. The molecule has 4 heteroatoms. The Morgan fingerprint density at radius 1 is 0.327 bits per heavy atom. The van der Waals surface area contributed by atoms with Gasteiger partial charge in [0.2, 0.25) is 0 Å². The Kier molecular flexibility index (Phi) is 7.24. The van der Waals surface area contributed by atoms with Gasteiger partial charge in [-0.25, -0.2) is 0 Å². The summed E-state index contributed by atoms with van der Waals surface area (Å²) in [7, 11) is 0. The second-order valence-corrected chi connectivity index (χ2v) is 13.4. The molecule has 52 heavy (non-hydrogen) atoms. The molecule has 0 bridgehead atoms. The molecule has 6 aromatic carbocycles. The molecular formula is C48H34N4. The fourth-order valence-corrected chi connectivity index (χ4v) is 7.98. The molecular weight excluding hydrogens is 633 g/mol. The minimum atomic E-state index is 0.931. The summed E-state index contributed by atoms with van der Waals surface area (Å²) in [5.41, 5.74) is 18.6. The molecule has 246 valence electrons. The average Bonchev–Trinajstić information content (AvgIpc) is 3.22. The maximum atomic E-state index is 4.94.